The number of aliphatic carboxylic acids is 1. The smallest absolute Gasteiger partial charge is 0.323 e. The van der Waals surface area contributed by atoms with E-state index in [0.717, 1.165) is 17.7 Å². The van der Waals surface area contributed by atoms with E-state index in [1.807, 2.05) is 31.2 Å². The van der Waals surface area contributed by atoms with Crippen molar-refractivity contribution in [2.45, 2.75) is 38.1 Å². The minimum Gasteiger partial charge on any atom is -0.480 e. The van der Waals surface area contributed by atoms with E-state index in [0.29, 0.717) is 32.4 Å². The number of amides is 3. The van der Waals surface area contributed by atoms with Gasteiger partial charge in [-0.1, -0.05) is 18.2 Å². The number of carboxylic acid groups (broad SMARTS) is 1. The van der Waals surface area contributed by atoms with Gasteiger partial charge in [-0.3, -0.25) is 9.59 Å². The van der Waals surface area contributed by atoms with Crippen LogP contribution in [0.2, 0.25) is 0 Å². The summed E-state index contributed by atoms with van der Waals surface area (Å²) in [6, 6.07) is 7.20. The molecule has 1 aromatic carbocycles. The van der Waals surface area contributed by atoms with Crippen LogP contribution in [0.15, 0.2) is 24.3 Å². The second-order valence-corrected chi connectivity index (χ2v) is 6.76. The van der Waals surface area contributed by atoms with Crippen molar-refractivity contribution >= 4 is 23.6 Å². The SMILES string of the molecule is Cc1ccccc1NC(=O)N1CCCC12CCCN(CC(=O)O)C2=O. The van der Waals surface area contributed by atoms with E-state index >= 15 is 0 Å². The first-order chi connectivity index (χ1) is 11.9. The number of carbonyl (C=O) groups is 3. The molecule has 2 aliphatic rings. The minimum atomic E-state index is -1.03. The van der Waals surface area contributed by atoms with Crippen molar-refractivity contribution in [2.75, 3.05) is 25.0 Å². The molecule has 2 aliphatic heterocycles. The van der Waals surface area contributed by atoms with Crippen LogP contribution in [0, 0.1) is 6.92 Å². The van der Waals surface area contributed by atoms with Crippen molar-refractivity contribution in [3.63, 3.8) is 0 Å². The molecular weight excluding hydrogens is 322 g/mol. The van der Waals surface area contributed by atoms with E-state index < -0.39 is 11.5 Å². The number of rotatable bonds is 3. The average Bonchev–Trinajstić information content (AvgIpc) is 2.98. The molecule has 1 spiro atoms. The highest BCUT2D eigenvalue weighted by Crippen LogP contribution is 2.38. The summed E-state index contributed by atoms with van der Waals surface area (Å²) >= 11 is 0. The Morgan fingerprint density at radius 3 is 2.56 bits per heavy atom. The van der Waals surface area contributed by atoms with E-state index in [-0.39, 0.29) is 18.5 Å². The molecule has 1 aromatic rings. The third-order valence-electron chi connectivity index (χ3n) is 5.15. The summed E-state index contributed by atoms with van der Waals surface area (Å²) in [6.45, 7) is 2.54. The Hall–Kier alpha value is -2.57. The van der Waals surface area contributed by atoms with Crippen LogP contribution >= 0.6 is 0 Å². The molecule has 3 rings (SSSR count). The number of likely N-dealkylation sites (tertiary alicyclic amines) is 2. The number of anilines is 1. The topological polar surface area (TPSA) is 90.0 Å². The standard InChI is InChI=1S/C18H23N3O4/c1-13-6-2-3-7-14(13)19-17(25)21-11-5-9-18(21)8-4-10-20(16(18)24)12-15(22)23/h2-3,6-7H,4-5,8-12H2,1H3,(H,19,25)(H,22,23). The second kappa shape index (κ2) is 6.74. The van der Waals surface area contributed by atoms with Crippen molar-refractivity contribution in [1.82, 2.24) is 9.80 Å². The summed E-state index contributed by atoms with van der Waals surface area (Å²) in [4.78, 5) is 39.8. The number of piperidine rings is 1. The molecule has 25 heavy (non-hydrogen) atoms. The molecule has 134 valence electrons. The van der Waals surface area contributed by atoms with Crippen molar-refractivity contribution in [3.8, 4) is 0 Å². The molecule has 2 fully saturated rings. The first-order valence-corrected chi connectivity index (χ1v) is 8.59. The number of hydrogen-bond donors (Lipinski definition) is 2. The lowest BCUT2D eigenvalue weighted by Crippen LogP contribution is -2.62. The van der Waals surface area contributed by atoms with Crippen LogP contribution in [0.1, 0.15) is 31.2 Å². The van der Waals surface area contributed by atoms with Crippen molar-refractivity contribution in [3.05, 3.63) is 29.8 Å². The number of urea groups is 1. The monoisotopic (exact) mass is 345 g/mol. The quantitative estimate of drug-likeness (QED) is 0.877. The van der Waals surface area contributed by atoms with Gasteiger partial charge in [0.05, 0.1) is 0 Å². The Bertz CT molecular complexity index is 705. The summed E-state index contributed by atoms with van der Waals surface area (Å²) < 4.78 is 0. The molecule has 1 unspecified atom stereocenters. The minimum absolute atomic E-state index is 0.237. The highest BCUT2D eigenvalue weighted by Gasteiger charge is 2.53. The molecule has 0 bridgehead atoms. The Balaban J connectivity index is 1.81. The van der Waals surface area contributed by atoms with Gasteiger partial charge in [-0.15, -0.1) is 0 Å². The lowest BCUT2D eigenvalue weighted by Gasteiger charge is -2.44. The Morgan fingerprint density at radius 2 is 1.88 bits per heavy atom. The van der Waals surface area contributed by atoms with E-state index in [2.05, 4.69) is 5.32 Å². The van der Waals surface area contributed by atoms with Gasteiger partial charge in [0.1, 0.15) is 12.1 Å². The van der Waals surface area contributed by atoms with Crippen LogP contribution in [0.3, 0.4) is 0 Å². The maximum Gasteiger partial charge on any atom is 0.323 e. The first kappa shape index (κ1) is 17.3. The van der Waals surface area contributed by atoms with Gasteiger partial charge in [0, 0.05) is 18.8 Å². The summed E-state index contributed by atoms with van der Waals surface area (Å²) in [6.07, 6.45) is 2.62. The molecule has 1 atom stereocenters. The number of nitrogens with zero attached hydrogens (tertiary/aromatic N) is 2. The van der Waals surface area contributed by atoms with Crippen LogP contribution < -0.4 is 5.32 Å². The molecule has 0 saturated carbocycles. The van der Waals surface area contributed by atoms with Crippen molar-refractivity contribution < 1.29 is 19.5 Å². The second-order valence-electron chi connectivity index (χ2n) is 6.76. The fraction of sp³-hybridized carbons (Fsp3) is 0.500. The fourth-order valence-electron chi connectivity index (χ4n) is 3.93. The third-order valence-corrected chi connectivity index (χ3v) is 5.15. The Labute approximate surface area is 146 Å². The Morgan fingerprint density at radius 1 is 1.20 bits per heavy atom. The number of benzene rings is 1. The number of nitrogens with one attached hydrogen (secondary N) is 1. The van der Waals surface area contributed by atoms with Gasteiger partial charge in [0.2, 0.25) is 5.91 Å². The van der Waals surface area contributed by atoms with Gasteiger partial charge in [-0.2, -0.15) is 0 Å². The molecule has 0 radical (unpaired) electrons. The van der Waals surface area contributed by atoms with Gasteiger partial charge in [0.25, 0.3) is 0 Å². The molecule has 7 heteroatoms. The molecule has 7 nitrogen and oxygen atoms in total. The predicted octanol–water partition coefficient (Wildman–Crippen LogP) is 2.07. The van der Waals surface area contributed by atoms with Gasteiger partial charge < -0.3 is 20.2 Å². The van der Waals surface area contributed by atoms with Crippen LogP contribution in [0.4, 0.5) is 10.5 Å². The zero-order chi connectivity index (χ0) is 18.0. The van der Waals surface area contributed by atoms with E-state index in [4.69, 9.17) is 5.11 Å². The van der Waals surface area contributed by atoms with Crippen LogP contribution in [-0.4, -0.2) is 58.0 Å². The summed E-state index contributed by atoms with van der Waals surface area (Å²) in [7, 11) is 0. The highest BCUT2D eigenvalue weighted by molar-refractivity contribution is 5.98. The van der Waals surface area contributed by atoms with E-state index in [1.54, 1.807) is 4.90 Å². The zero-order valence-electron chi connectivity index (χ0n) is 14.3. The normalized spacial score (nSPS) is 23.2. The molecule has 0 aromatic heterocycles. The lowest BCUT2D eigenvalue weighted by atomic mass is 9.85. The van der Waals surface area contributed by atoms with E-state index in [1.165, 1.54) is 4.90 Å². The van der Waals surface area contributed by atoms with Gasteiger partial charge in [-0.25, -0.2) is 4.79 Å². The number of carboxylic acids is 1. The van der Waals surface area contributed by atoms with Crippen LogP contribution in [0.25, 0.3) is 0 Å². The molecule has 3 amide bonds. The molecule has 2 N–H and O–H groups in total. The maximum absolute atomic E-state index is 13.0. The summed E-state index contributed by atoms with van der Waals surface area (Å²) in [5, 5.41) is 11.9. The average molecular weight is 345 g/mol. The lowest BCUT2D eigenvalue weighted by molar-refractivity contribution is -0.152. The maximum atomic E-state index is 13.0. The number of hydrogen-bond acceptors (Lipinski definition) is 3. The zero-order valence-corrected chi connectivity index (χ0v) is 14.3. The third kappa shape index (κ3) is 3.18. The largest absolute Gasteiger partial charge is 0.480 e. The summed E-state index contributed by atoms with van der Waals surface area (Å²) in [5.41, 5.74) is 0.771. The van der Waals surface area contributed by atoms with E-state index in [9.17, 15) is 14.4 Å². The number of para-hydroxylation sites is 1. The fourth-order valence-corrected chi connectivity index (χ4v) is 3.93. The van der Waals surface area contributed by atoms with Gasteiger partial charge >= 0.3 is 12.0 Å². The van der Waals surface area contributed by atoms with Crippen molar-refractivity contribution in [2.24, 2.45) is 0 Å². The first-order valence-electron chi connectivity index (χ1n) is 8.59. The molecule has 2 saturated heterocycles. The van der Waals surface area contributed by atoms with Gasteiger partial charge in [0.15, 0.2) is 0 Å². The Kier molecular flexibility index (Phi) is 4.65. The molecular formula is C18H23N3O4. The predicted molar refractivity (Wildman–Crippen MR) is 92.3 cm³/mol. The van der Waals surface area contributed by atoms with Crippen LogP contribution in [-0.2, 0) is 9.59 Å². The highest BCUT2D eigenvalue weighted by atomic mass is 16.4. The molecule has 0 aliphatic carbocycles. The van der Waals surface area contributed by atoms with Crippen molar-refractivity contribution in [1.29, 1.82) is 0 Å². The molecule has 2 heterocycles. The summed E-state index contributed by atoms with van der Waals surface area (Å²) in [5.74, 6) is -1.27. The van der Waals surface area contributed by atoms with Crippen LogP contribution in [0.5, 0.6) is 0 Å². The number of aryl methyl sites for hydroxylation is 1. The number of carbonyl (C=O) groups excluding carboxylic acids is 2. The van der Waals surface area contributed by atoms with Gasteiger partial charge in [-0.05, 0) is 44.2 Å².